The van der Waals surface area contributed by atoms with Crippen LogP contribution in [0.3, 0.4) is 0 Å². The first-order valence-electron chi connectivity index (χ1n) is 8.56. The maximum absolute atomic E-state index is 12.6. The predicted octanol–water partition coefficient (Wildman–Crippen LogP) is 3.96. The molecule has 0 aliphatic rings. The van der Waals surface area contributed by atoms with E-state index in [4.69, 9.17) is 11.6 Å². The Bertz CT molecular complexity index is 1130. The number of H-pyrrole nitrogens is 1. The highest BCUT2D eigenvalue weighted by Crippen LogP contribution is 2.24. The molecule has 0 amide bonds. The molecule has 0 aliphatic carbocycles. The summed E-state index contributed by atoms with van der Waals surface area (Å²) in [5, 5.41) is 5.48. The Kier molecular flexibility index (Phi) is 4.41. The topological polar surface area (TPSA) is 66.8 Å². The summed E-state index contributed by atoms with van der Waals surface area (Å²) in [6.07, 6.45) is 1.54. The lowest BCUT2D eigenvalue weighted by Crippen LogP contribution is -2.26. The number of anilines is 1. The smallest absolute Gasteiger partial charge is 0.263 e. The predicted molar refractivity (Wildman–Crippen MR) is 108 cm³/mol. The van der Waals surface area contributed by atoms with Crippen molar-refractivity contribution >= 4 is 28.6 Å². The van der Waals surface area contributed by atoms with Gasteiger partial charge in [0, 0.05) is 12.1 Å². The molecule has 7 heteroatoms. The largest absolute Gasteiger partial charge is 0.339 e. The second kappa shape index (κ2) is 6.89. The average Bonchev–Trinajstić information content (AvgIpc) is 3.13. The van der Waals surface area contributed by atoms with Gasteiger partial charge in [0.15, 0.2) is 5.65 Å². The SMILES string of the molecule is CC(c1ccc(Cl)cc1)N(C)c1nc2c(cnn2-c2ccccc2)c(=O)[nH]1. The third-order valence-corrected chi connectivity index (χ3v) is 4.95. The van der Waals surface area contributed by atoms with Crippen LogP contribution in [0.1, 0.15) is 18.5 Å². The van der Waals surface area contributed by atoms with E-state index in [2.05, 4.69) is 15.1 Å². The molecule has 27 heavy (non-hydrogen) atoms. The van der Waals surface area contributed by atoms with Gasteiger partial charge in [0.05, 0.1) is 17.9 Å². The fourth-order valence-electron chi connectivity index (χ4n) is 2.98. The minimum absolute atomic E-state index is 0.00374. The monoisotopic (exact) mass is 379 g/mol. The maximum atomic E-state index is 12.6. The van der Waals surface area contributed by atoms with Crippen LogP contribution in [0.15, 0.2) is 65.6 Å². The molecule has 0 aliphatic heterocycles. The summed E-state index contributed by atoms with van der Waals surface area (Å²) < 4.78 is 1.68. The summed E-state index contributed by atoms with van der Waals surface area (Å²) in [7, 11) is 1.90. The summed E-state index contributed by atoms with van der Waals surface area (Å²) in [6, 6.07) is 17.3. The molecule has 0 spiro atoms. The van der Waals surface area contributed by atoms with Crippen molar-refractivity contribution in [2.24, 2.45) is 0 Å². The van der Waals surface area contributed by atoms with E-state index in [-0.39, 0.29) is 11.6 Å². The number of hydrogen-bond acceptors (Lipinski definition) is 4. The molecule has 0 bridgehead atoms. The zero-order valence-electron chi connectivity index (χ0n) is 14.9. The van der Waals surface area contributed by atoms with E-state index in [1.807, 2.05) is 73.5 Å². The second-order valence-corrected chi connectivity index (χ2v) is 6.79. The van der Waals surface area contributed by atoms with Crippen LogP contribution in [-0.2, 0) is 0 Å². The normalized spacial score (nSPS) is 12.3. The molecule has 0 saturated carbocycles. The van der Waals surface area contributed by atoms with E-state index in [1.165, 1.54) is 0 Å². The lowest BCUT2D eigenvalue weighted by Gasteiger charge is -2.25. The maximum Gasteiger partial charge on any atom is 0.263 e. The number of nitrogens with one attached hydrogen (secondary N) is 1. The highest BCUT2D eigenvalue weighted by Gasteiger charge is 2.18. The van der Waals surface area contributed by atoms with Crippen LogP contribution in [0.5, 0.6) is 0 Å². The molecule has 6 nitrogen and oxygen atoms in total. The van der Waals surface area contributed by atoms with E-state index in [0.717, 1.165) is 11.3 Å². The summed E-state index contributed by atoms with van der Waals surface area (Å²) in [4.78, 5) is 22.0. The first kappa shape index (κ1) is 17.3. The van der Waals surface area contributed by atoms with Crippen molar-refractivity contribution in [3.8, 4) is 5.69 Å². The molecule has 1 unspecified atom stereocenters. The molecule has 4 aromatic rings. The molecular weight excluding hydrogens is 362 g/mol. The van der Waals surface area contributed by atoms with Crippen molar-refractivity contribution in [3.63, 3.8) is 0 Å². The number of halogens is 1. The minimum atomic E-state index is -0.215. The molecular formula is C20H18ClN5O. The van der Waals surface area contributed by atoms with Crippen molar-refractivity contribution in [3.05, 3.63) is 81.7 Å². The van der Waals surface area contributed by atoms with Crippen molar-refractivity contribution in [2.45, 2.75) is 13.0 Å². The number of benzene rings is 2. The van der Waals surface area contributed by atoms with Crippen LogP contribution in [0.25, 0.3) is 16.7 Å². The Balaban J connectivity index is 1.78. The van der Waals surface area contributed by atoms with Gasteiger partial charge in [-0.25, -0.2) is 4.68 Å². The number of rotatable bonds is 4. The lowest BCUT2D eigenvalue weighted by molar-refractivity contribution is 0.714. The quantitative estimate of drug-likeness (QED) is 0.582. The van der Waals surface area contributed by atoms with Crippen molar-refractivity contribution in [2.75, 3.05) is 11.9 Å². The van der Waals surface area contributed by atoms with E-state index >= 15 is 0 Å². The van der Waals surface area contributed by atoms with Gasteiger partial charge in [0.25, 0.3) is 5.56 Å². The van der Waals surface area contributed by atoms with Crippen LogP contribution in [-0.4, -0.2) is 26.8 Å². The van der Waals surface area contributed by atoms with Gasteiger partial charge in [-0.3, -0.25) is 9.78 Å². The fourth-order valence-corrected chi connectivity index (χ4v) is 3.11. The van der Waals surface area contributed by atoms with Crippen molar-refractivity contribution in [1.82, 2.24) is 19.7 Å². The van der Waals surface area contributed by atoms with Gasteiger partial charge >= 0.3 is 0 Å². The summed E-state index contributed by atoms with van der Waals surface area (Å²) in [5.74, 6) is 0.479. The minimum Gasteiger partial charge on any atom is -0.339 e. The molecule has 2 aromatic heterocycles. The highest BCUT2D eigenvalue weighted by atomic mass is 35.5. The number of hydrogen-bond donors (Lipinski definition) is 1. The Morgan fingerprint density at radius 1 is 1.11 bits per heavy atom. The van der Waals surface area contributed by atoms with Crippen LogP contribution >= 0.6 is 11.6 Å². The first-order valence-corrected chi connectivity index (χ1v) is 8.94. The number of aromatic nitrogens is 4. The standard InChI is InChI=1S/C20H18ClN5O/c1-13(14-8-10-15(21)11-9-14)25(2)20-23-18-17(19(27)24-20)12-22-26(18)16-6-4-3-5-7-16/h3-13H,1-2H3,(H,23,24,27). The lowest BCUT2D eigenvalue weighted by atomic mass is 10.1. The molecule has 0 fully saturated rings. The van der Waals surface area contributed by atoms with Crippen LogP contribution < -0.4 is 10.5 Å². The Morgan fingerprint density at radius 2 is 1.81 bits per heavy atom. The Morgan fingerprint density at radius 3 is 2.52 bits per heavy atom. The number of aromatic amines is 1. The third kappa shape index (κ3) is 3.19. The Hall–Kier alpha value is -3.12. The third-order valence-electron chi connectivity index (χ3n) is 4.69. The molecule has 2 aromatic carbocycles. The molecule has 1 atom stereocenters. The fraction of sp³-hybridized carbons (Fsp3) is 0.150. The molecule has 2 heterocycles. The molecule has 4 rings (SSSR count). The number of fused-ring (bicyclic) bond motifs is 1. The molecule has 0 radical (unpaired) electrons. The van der Waals surface area contributed by atoms with Gasteiger partial charge in [-0.15, -0.1) is 0 Å². The molecule has 1 N–H and O–H groups in total. The van der Waals surface area contributed by atoms with E-state index < -0.39 is 0 Å². The highest BCUT2D eigenvalue weighted by molar-refractivity contribution is 6.30. The van der Waals surface area contributed by atoms with Crippen molar-refractivity contribution in [1.29, 1.82) is 0 Å². The van der Waals surface area contributed by atoms with E-state index in [9.17, 15) is 4.79 Å². The van der Waals surface area contributed by atoms with Gasteiger partial charge in [0.2, 0.25) is 5.95 Å². The summed E-state index contributed by atoms with van der Waals surface area (Å²) >= 11 is 5.98. The number of nitrogens with zero attached hydrogens (tertiary/aromatic N) is 4. The van der Waals surface area contributed by atoms with Gasteiger partial charge in [-0.2, -0.15) is 10.1 Å². The second-order valence-electron chi connectivity index (χ2n) is 6.36. The van der Waals surface area contributed by atoms with E-state index in [1.54, 1.807) is 10.9 Å². The zero-order valence-corrected chi connectivity index (χ0v) is 15.7. The summed E-state index contributed by atoms with van der Waals surface area (Å²) in [5.41, 5.74) is 2.23. The van der Waals surface area contributed by atoms with Gasteiger partial charge < -0.3 is 4.90 Å². The van der Waals surface area contributed by atoms with Crippen LogP contribution in [0.4, 0.5) is 5.95 Å². The van der Waals surface area contributed by atoms with Crippen LogP contribution in [0, 0.1) is 0 Å². The summed E-state index contributed by atoms with van der Waals surface area (Å²) in [6.45, 7) is 2.04. The van der Waals surface area contributed by atoms with Gasteiger partial charge in [0.1, 0.15) is 5.39 Å². The first-order chi connectivity index (χ1) is 13.0. The van der Waals surface area contributed by atoms with Gasteiger partial charge in [-0.1, -0.05) is 41.9 Å². The Labute approximate surface area is 161 Å². The van der Waals surface area contributed by atoms with E-state index in [0.29, 0.717) is 22.0 Å². The average molecular weight is 380 g/mol. The van der Waals surface area contributed by atoms with Crippen LogP contribution in [0.2, 0.25) is 5.02 Å². The number of para-hydroxylation sites is 1. The molecule has 136 valence electrons. The van der Waals surface area contributed by atoms with Gasteiger partial charge in [-0.05, 0) is 36.8 Å². The van der Waals surface area contributed by atoms with Crippen molar-refractivity contribution < 1.29 is 0 Å². The zero-order chi connectivity index (χ0) is 19.0. The molecule has 0 saturated heterocycles.